The molecule has 1 aromatic carbocycles. The smallest absolute Gasteiger partial charge is 0.340 e. The van der Waals surface area contributed by atoms with Crippen LogP contribution in [0, 0.1) is 12.8 Å². The van der Waals surface area contributed by atoms with Crippen LogP contribution in [0.3, 0.4) is 0 Å². The van der Waals surface area contributed by atoms with E-state index < -0.39 is 0 Å². The normalized spacial score (nSPS) is 15.2. The molecule has 0 saturated heterocycles. The number of benzene rings is 1. The van der Waals surface area contributed by atoms with Crippen molar-refractivity contribution in [1.82, 2.24) is 4.98 Å². The van der Waals surface area contributed by atoms with Gasteiger partial charge in [-0.3, -0.25) is 9.98 Å². The predicted molar refractivity (Wildman–Crippen MR) is 119 cm³/mol. The zero-order chi connectivity index (χ0) is 20.8. The lowest BCUT2D eigenvalue weighted by molar-refractivity contribution is -0.139. The summed E-state index contributed by atoms with van der Waals surface area (Å²) in [5.74, 6) is 0.0683. The van der Waals surface area contributed by atoms with Crippen molar-refractivity contribution in [3.05, 3.63) is 58.9 Å². The highest BCUT2D eigenvalue weighted by Crippen LogP contribution is 2.45. The Bertz CT molecular complexity index is 944. The molecule has 1 aliphatic rings. The molecule has 1 unspecified atom stereocenters. The van der Waals surface area contributed by atoms with Gasteiger partial charge in [-0.2, -0.15) is 0 Å². The van der Waals surface area contributed by atoms with Crippen LogP contribution in [0.15, 0.2) is 47.1 Å². The molecule has 0 amide bonds. The third-order valence-corrected chi connectivity index (χ3v) is 5.60. The lowest BCUT2D eigenvalue weighted by atomic mass is 9.99. The molecule has 0 spiro atoms. The van der Waals surface area contributed by atoms with Crippen LogP contribution in [0.5, 0.6) is 0 Å². The molecule has 0 radical (unpaired) electrons. The monoisotopic (exact) mass is 390 g/mol. The number of nitrogens with zero attached hydrogens (tertiary/aromatic N) is 2. The van der Waals surface area contributed by atoms with Crippen LogP contribution < -0.4 is 0 Å². The number of esters is 1. The quantitative estimate of drug-likeness (QED) is 0.284. The van der Waals surface area contributed by atoms with Gasteiger partial charge in [-0.1, -0.05) is 57.4 Å². The largest absolute Gasteiger partial charge is 0.462 e. The lowest BCUT2D eigenvalue weighted by Crippen LogP contribution is -2.17. The van der Waals surface area contributed by atoms with E-state index in [0.29, 0.717) is 18.1 Å². The van der Waals surface area contributed by atoms with E-state index in [4.69, 9.17) is 4.74 Å². The van der Waals surface area contributed by atoms with Gasteiger partial charge in [0, 0.05) is 30.6 Å². The van der Waals surface area contributed by atoms with Crippen molar-refractivity contribution in [2.75, 3.05) is 13.7 Å². The number of aliphatic imine (C=N–C) groups is 1. The Kier molecular flexibility index (Phi) is 6.97. The maximum absolute atomic E-state index is 13.1. The molecule has 0 bridgehead atoms. The molecule has 4 heteroatoms. The van der Waals surface area contributed by atoms with E-state index in [9.17, 15) is 4.79 Å². The molecule has 1 aliphatic carbocycles. The van der Waals surface area contributed by atoms with Crippen molar-refractivity contribution < 1.29 is 9.53 Å². The van der Waals surface area contributed by atoms with E-state index in [1.54, 1.807) is 19.5 Å². The van der Waals surface area contributed by atoms with Crippen molar-refractivity contribution in [2.45, 2.75) is 46.5 Å². The first-order chi connectivity index (χ1) is 14.1. The van der Waals surface area contributed by atoms with Gasteiger partial charge in [0.15, 0.2) is 0 Å². The van der Waals surface area contributed by atoms with E-state index in [2.05, 4.69) is 36.8 Å². The summed E-state index contributed by atoms with van der Waals surface area (Å²) in [5.41, 5.74) is 6.46. The summed E-state index contributed by atoms with van der Waals surface area (Å²) in [4.78, 5) is 21.9. The summed E-state index contributed by atoms with van der Waals surface area (Å²) in [6.45, 7) is 6.85. The summed E-state index contributed by atoms with van der Waals surface area (Å²) in [6, 6.07) is 10.1. The third-order valence-electron chi connectivity index (χ3n) is 5.60. The number of ether oxygens (including phenoxy) is 1. The summed E-state index contributed by atoms with van der Waals surface area (Å²) in [5, 5.41) is 0. The molecule has 1 atom stereocenters. The van der Waals surface area contributed by atoms with Gasteiger partial charge in [0.1, 0.15) is 0 Å². The number of hydrogen-bond donors (Lipinski definition) is 0. The Morgan fingerprint density at radius 2 is 1.97 bits per heavy atom. The fourth-order valence-corrected chi connectivity index (χ4v) is 3.92. The first-order valence-corrected chi connectivity index (χ1v) is 10.5. The molecule has 0 N–H and O–H groups in total. The van der Waals surface area contributed by atoms with Gasteiger partial charge in [0.05, 0.1) is 17.9 Å². The molecule has 3 rings (SSSR count). The van der Waals surface area contributed by atoms with Gasteiger partial charge in [0.25, 0.3) is 0 Å². The van der Waals surface area contributed by atoms with E-state index in [-0.39, 0.29) is 5.97 Å². The number of unbranched alkanes of at least 4 members (excludes halogenated alkanes) is 1. The van der Waals surface area contributed by atoms with Gasteiger partial charge in [-0.15, -0.1) is 0 Å². The fourth-order valence-electron chi connectivity index (χ4n) is 3.92. The van der Waals surface area contributed by atoms with Crippen LogP contribution in [0.1, 0.15) is 56.4 Å². The number of hydrogen-bond acceptors (Lipinski definition) is 4. The number of aryl methyl sites for hydroxylation is 1. The maximum atomic E-state index is 13.1. The molecule has 4 nitrogen and oxygen atoms in total. The lowest BCUT2D eigenvalue weighted by Gasteiger charge is -2.15. The zero-order valence-corrected chi connectivity index (χ0v) is 17.9. The molecule has 1 aromatic heterocycles. The van der Waals surface area contributed by atoms with E-state index >= 15 is 0 Å². The van der Waals surface area contributed by atoms with E-state index in [1.165, 1.54) is 0 Å². The molecule has 2 aromatic rings. The second kappa shape index (κ2) is 9.64. The summed E-state index contributed by atoms with van der Waals surface area (Å²) in [6.07, 6.45) is 7.81. The van der Waals surface area contributed by atoms with Crippen molar-refractivity contribution in [3.8, 4) is 11.1 Å². The van der Waals surface area contributed by atoms with Gasteiger partial charge < -0.3 is 4.74 Å². The van der Waals surface area contributed by atoms with Crippen LogP contribution in [0.4, 0.5) is 0 Å². The number of carbonyl (C=O) groups is 1. The molecule has 1 heterocycles. The van der Waals surface area contributed by atoms with Gasteiger partial charge in [0.2, 0.25) is 0 Å². The number of rotatable bonds is 8. The molecular weight excluding hydrogens is 360 g/mol. The van der Waals surface area contributed by atoms with Crippen LogP contribution in [-0.4, -0.2) is 30.8 Å². The fraction of sp³-hybridized carbons (Fsp3) is 0.400. The van der Waals surface area contributed by atoms with Crippen molar-refractivity contribution in [1.29, 1.82) is 0 Å². The Morgan fingerprint density at radius 1 is 1.21 bits per heavy atom. The molecular formula is C25H30N2O2. The standard InChI is InChI=1S/C25H30N2O2/c1-5-7-10-18(6-2)16-29-25(28)21(15-26-4)23-20-12-9-8-11-19(20)22-17(3)13-14-27-24(22)23/h8-9,11-15,18H,5-7,10,16H2,1-4H3/b23-21-,26-15+. The molecule has 0 aliphatic heterocycles. The van der Waals surface area contributed by atoms with Crippen LogP contribution in [0.2, 0.25) is 0 Å². The Labute approximate surface area is 173 Å². The summed E-state index contributed by atoms with van der Waals surface area (Å²) in [7, 11) is 1.68. The minimum atomic E-state index is -0.327. The van der Waals surface area contributed by atoms with Crippen molar-refractivity contribution >= 4 is 17.8 Å². The summed E-state index contributed by atoms with van der Waals surface area (Å²) >= 11 is 0. The van der Waals surface area contributed by atoms with Crippen LogP contribution in [0.25, 0.3) is 16.7 Å². The Hall–Kier alpha value is -2.75. The average molecular weight is 391 g/mol. The Morgan fingerprint density at radius 3 is 2.66 bits per heavy atom. The van der Waals surface area contributed by atoms with E-state index in [1.807, 2.05) is 24.3 Å². The number of carbonyl (C=O) groups excluding carboxylic acids is 1. The second-order valence-electron chi connectivity index (χ2n) is 7.59. The Balaban J connectivity index is 2.02. The van der Waals surface area contributed by atoms with Crippen LogP contribution >= 0.6 is 0 Å². The minimum absolute atomic E-state index is 0.327. The topological polar surface area (TPSA) is 51.5 Å². The van der Waals surface area contributed by atoms with Gasteiger partial charge in [-0.05, 0) is 42.0 Å². The molecule has 0 fully saturated rings. The first-order valence-electron chi connectivity index (χ1n) is 10.5. The molecule has 0 saturated carbocycles. The first kappa shape index (κ1) is 21.0. The SMILES string of the molecule is CCCCC(CC)COC(=O)C(/C=N/C)=C1/c2ccccc2-c2c(C)ccnc21. The van der Waals surface area contributed by atoms with E-state index in [0.717, 1.165) is 59.2 Å². The predicted octanol–water partition coefficient (Wildman–Crippen LogP) is 5.63. The second-order valence-corrected chi connectivity index (χ2v) is 7.59. The minimum Gasteiger partial charge on any atom is -0.462 e. The molecule has 29 heavy (non-hydrogen) atoms. The highest BCUT2D eigenvalue weighted by Gasteiger charge is 2.30. The number of pyridine rings is 1. The van der Waals surface area contributed by atoms with Crippen LogP contribution in [-0.2, 0) is 9.53 Å². The molecule has 152 valence electrons. The van der Waals surface area contributed by atoms with Crippen molar-refractivity contribution in [2.24, 2.45) is 10.9 Å². The highest BCUT2D eigenvalue weighted by atomic mass is 16.5. The van der Waals surface area contributed by atoms with Gasteiger partial charge >= 0.3 is 5.97 Å². The highest BCUT2D eigenvalue weighted by molar-refractivity contribution is 6.21. The number of aromatic nitrogens is 1. The maximum Gasteiger partial charge on any atom is 0.340 e. The average Bonchev–Trinajstić information content (AvgIpc) is 3.07. The third kappa shape index (κ3) is 4.31. The number of fused-ring (bicyclic) bond motifs is 3. The van der Waals surface area contributed by atoms with Crippen molar-refractivity contribution in [3.63, 3.8) is 0 Å². The zero-order valence-electron chi connectivity index (χ0n) is 17.9. The van der Waals surface area contributed by atoms with Gasteiger partial charge in [-0.25, -0.2) is 4.79 Å². The summed E-state index contributed by atoms with van der Waals surface area (Å²) < 4.78 is 5.76.